The number of carboxylic acid groups (broad SMARTS) is 1. The van der Waals surface area contributed by atoms with Gasteiger partial charge in [-0.15, -0.1) is 38.4 Å². The van der Waals surface area contributed by atoms with Crippen LogP contribution in [0.4, 0.5) is 5.13 Å². The number of aromatic nitrogens is 7. The zero-order valence-electron chi connectivity index (χ0n) is 22.7. The Morgan fingerprint density at radius 3 is 2.79 bits per heavy atom. The minimum absolute atomic E-state index is 0.0473. The summed E-state index contributed by atoms with van der Waals surface area (Å²) in [5.41, 5.74) is 5.28. The Morgan fingerprint density at radius 2 is 2.09 bits per heavy atom. The molecule has 2 aliphatic heterocycles. The van der Waals surface area contributed by atoms with Gasteiger partial charge >= 0.3 is 11.9 Å². The Kier molecular flexibility index (Phi) is 8.46. The summed E-state index contributed by atoms with van der Waals surface area (Å²) in [4.78, 5) is 60.7. The van der Waals surface area contributed by atoms with Gasteiger partial charge in [-0.05, 0) is 48.9 Å². The summed E-state index contributed by atoms with van der Waals surface area (Å²) >= 11 is 3.36. The van der Waals surface area contributed by atoms with Gasteiger partial charge in [0.1, 0.15) is 27.7 Å². The van der Waals surface area contributed by atoms with Crippen LogP contribution >= 0.6 is 35.1 Å². The van der Waals surface area contributed by atoms with Crippen LogP contribution < -0.4 is 11.1 Å². The van der Waals surface area contributed by atoms with Gasteiger partial charge in [-0.25, -0.2) is 9.59 Å². The van der Waals surface area contributed by atoms with Crippen LogP contribution in [-0.2, 0) is 28.8 Å². The van der Waals surface area contributed by atoms with Crippen molar-refractivity contribution in [1.82, 2.24) is 44.8 Å². The first-order chi connectivity index (χ1) is 20.4. The molecule has 2 atom stereocenters. The van der Waals surface area contributed by atoms with E-state index in [1.807, 2.05) is 0 Å². The molecule has 21 heteroatoms. The summed E-state index contributed by atoms with van der Waals surface area (Å²) in [6, 6.07) is 2.31. The van der Waals surface area contributed by atoms with E-state index in [1.54, 1.807) is 32.9 Å². The van der Waals surface area contributed by atoms with E-state index >= 15 is 0 Å². The van der Waals surface area contributed by atoms with Crippen molar-refractivity contribution in [1.29, 1.82) is 0 Å². The van der Waals surface area contributed by atoms with E-state index in [2.05, 4.69) is 40.5 Å². The molecule has 2 aliphatic rings. The Morgan fingerprint density at radius 1 is 1.30 bits per heavy atom. The number of amides is 2. The average Bonchev–Trinajstić information content (AvgIpc) is 3.59. The van der Waals surface area contributed by atoms with Gasteiger partial charge in [0, 0.05) is 23.0 Å². The Labute approximate surface area is 254 Å². The Bertz CT molecular complexity index is 1670. The third-order valence-electron chi connectivity index (χ3n) is 5.60. The van der Waals surface area contributed by atoms with Crippen LogP contribution in [-0.4, -0.2) is 109 Å². The number of nitrogen functional groups attached to an aromatic ring is 1. The molecule has 4 N–H and O–H groups in total. The number of hydrogen-bond donors (Lipinski definition) is 3. The number of carbonyl (C=O) groups is 4. The number of esters is 1. The van der Waals surface area contributed by atoms with Crippen molar-refractivity contribution in [3.8, 4) is 0 Å². The molecule has 0 saturated carbocycles. The lowest BCUT2D eigenvalue weighted by molar-refractivity contribution is -0.160. The summed E-state index contributed by atoms with van der Waals surface area (Å²) in [6.07, 6.45) is 0. The summed E-state index contributed by atoms with van der Waals surface area (Å²) in [5, 5.41) is 31.5. The molecule has 0 bridgehead atoms. The van der Waals surface area contributed by atoms with Crippen LogP contribution in [0.1, 0.15) is 26.6 Å². The molecule has 3 aromatic rings. The van der Waals surface area contributed by atoms with Gasteiger partial charge < -0.3 is 25.7 Å². The molecule has 5 heterocycles. The van der Waals surface area contributed by atoms with Crippen molar-refractivity contribution in [2.75, 3.05) is 23.8 Å². The number of anilines is 1. The van der Waals surface area contributed by atoms with Gasteiger partial charge in [0.25, 0.3) is 11.8 Å². The number of carboxylic acids is 1. The van der Waals surface area contributed by atoms with Gasteiger partial charge in [-0.1, -0.05) is 5.16 Å². The van der Waals surface area contributed by atoms with E-state index in [0.29, 0.717) is 16.2 Å². The highest BCUT2D eigenvalue weighted by molar-refractivity contribution is 8.01. The van der Waals surface area contributed by atoms with Gasteiger partial charge in [-0.3, -0.25) is 14.5 Å². The van der Waals surface area contributed by atoms with Crippen molar-refractivity contribution in [3.05, 3.63) is 29.2 Å². The number of nitrogens with one attached hydrogen (secondary N) is 1. The number of thioether (sulfide) groups is 2. The number of fused-ring (bicyclic) bond motifs is 2. The lowest BCUT2D eigenvalue weighted by atomic mass is 10.0. The van der Waals surface area contributed by atoms with Crippen molar-refractivity contribution >= 4 is 75.3 Å². The topological polar surface area (TPSA) is 242 Å². The molecule has 43 heavy (non-hydrogen) atoms. The number of carbonyl (C=O) groups excluding carboxylic acids is 3. The summed E-state index contributed by atoms with van der Waals surface area (Å²) in [5.74, 6) is -3.16. The largest absolute Gasteiger partial charge is 0.477 e. The third kappa shape index (κ3) is 6.67. The molecule has 1 saturated heterocycles. The van der Waals surface area contributed by atoms with Crippen LogP contribution in [0.5, 0.6) is 0 Å². The van der Waals surface area contributed by atoms with Crippen molar-refractivity contribution in [2.45, 2.75) is 42.8 Å². The highest BCUT2D eigenvalue weighted by Crippen LogP contribution is 2.41. The molecule has 2 unspecified atom stereocenters. The molecule has 5 rings (SSSR count). The third-order valence-corrected chi connectivity index (χ3v) is 8.49. The van der Waals surface area contributed by atoms with Gasteiger partial charge in [0.2, 0.25) is 18.1 Å². The normalized spacial score (nSPS) is 18.7. The molecule has 3 aromatic heterocycles. The van der Waals surface area contributed by atoms with Gasteiger partial charge in [0.05, 0.1) is 0 Å². The number of oxime groups is 1. The van der Waals surface area contributed by atoms with Gasteiger partial charge in [-0.2, -0.15) is 9.36 Å². The van der Waals surface area contributed by atoms with E-state index in [-0.39, 0.29) is 28.2 Å². The molecule has 226 valence electrons. The lowest BCUT2D eigenvalue weighted by Crippen LogP contribution is -2.71. The first-order valence-corrected chi connectivity index (χ1v) is 15.1. The molecule has 0 radical (unpaired) electrons. The predicted molar refractivity (Wildman–Crippen MR) is 152 cm³/mol. The highest BCUT2D eigenvalue weighted by atomic mass is 32.2. The van der Waals surface area contributed by atoms with Crippen molar-refractivity contribution in [3.63, 3.8) is 0 Å². The van der Waals surface area contributed by atoms with E-state index in [0.717, 1.165) is 16.4 Å². The predicted octanol–water partition coefficient (Wildman–Crippen LogP) is -0.454. The Balaban J connectivity index is 1.27. The maximum atomic E-state index is 13.2. The second-order valence-electron chi connectivity index (χ2n) is 9.86. The zero-order valence-corrected chi connectivity index (χ0v) is 25.1. The van der Waals surface area contributed by atoms with Crippen LogP contribution in [0.3, 0.4) is 0 Å². The maximum Gasteiger partial charge on any atom is 0.352 e. The number of β-lactam (4-membered cyclic amide) rings is 1. The van der Waals surface area contributed by atoms with Crippen LogP contribution in [0.25, 0.3) is 5.65 Å². The SMILES string of the molecule is CC(C)(C)OC(=O)CO/N=C(/C(=O)NC1C(=O)N2C(C(=O)O)=C(CSc3ccc4nnnn4n3)CSC12)c1nsc(N)n1. The van der Waals surface area contributed by atoms with E-state index < -0.39 is 53.1 Å². The number of rotatable bonds is 10. The molecule has 1 fully saturated rings. The number of tetrazole rings is 1. The van der Waals surface area contributed by atoms with Crippen LogP contribution in [0, 0.1) is 0 Å². The molecule has 2 amide bonds. The molecule has 0 spiro atoms. The fourth-order valence-corrected chi connectivity index (χ4v) is 6.68. The standard InChI is InChI=1S/C22H23N11O7S3/c1-22(2,3)40-12(34)6-39-28-13(16-25-21(23)43-29-16)17(35)24-14-18(36)32-15(20(37)38)9(8-42-19(14)32)7-41-11-5-4-10-26-30-31-33(10)27-11/h4-5,14,19H,6-8H2,1-3H3,(H,24,35)(H,37,38)(H2,23,25,29)/b28-13+. The average molecular weight is 650 g/mol. The van der Waals surface area contributed by atoms with Crippen molar-refractivity contribution < 1.29 is 33.9 Å². The summed E-state index contributed by atoms with van der Waals surface area (Å²) in [7, 11) is 0. The fourth-order valence-electron chi connectivity index (χ4n) is 3.91. The number of nitrogens with two attached hydrogens (primary N) is 1. The van der Waals surface area contributed by atoms with E-state index in [9.17, 15) is 24.3 Å². The first kappa shape index (κ1) is 30.1. The molecular weight excluding hydrogens is 627 g/mol. The van der Waals surface area contributed by atoms with Crippen LogP contribution in [0.15, 0.2) is 33.6 Å². The molecule has 18 nitrogen and oxygen atoms in total. The zero-order chi connectivity index (χ0) is 30.9. The maximum absolute atomic E-state index is 13.2. The van der Waals surface area contributed by atoms with Gasteiger partial charge in [0.15, 0.2) is 10.8 Å². The minimum Gasteiger partial charge on any atom is -0.477 e. The van der Waals surface area contributed by atoms with E-state index in [1.165, 1.54) is 28.2 Å². The Hall–Kier alpha value is -4.37. The smallest absolute Gasteiger partial charge is 0.352 e. The lowest BCUT2D eigenvalue weighted by Gasteiger charge is -2.49. The minimum atomic E-state index is -1.28. The fraction of sp³-hybridized carbons (Fsp3) is 0.409. The molecular formula is C22H23N11O7S3. The number of hydrogen-bond acceptors (Lipinski definition) is 17. The summed E-state index contributed by atoms with van der Waals surface area (Å²) < 4.78 is 10.4. The van der Waals surface area contributed by atoms with E-state index in [4.69, 9.17) is 15.3 Å². The second kappa shape index (κ2) is 12.1. The molecule has 0 aliphatic carbocycles. The van der Waals surface area contributed by atoms with Crippen molar-refractivity contribution in [2.24, 2.45) is 5.16 Å². The second-order valence-corrected chi connectivity index (χ2v) is 12.7. The highest BCUT2D eigenvalue weighted by Gasteiger charge is 2.54. The number of ether oxygens (including phenoxy) is 1. The quantitative estimate of drug-likeness (QED) is 0.0827. The monoisotopic (exact) mass is 649 g/mol. The van der Waals surface area contributed by atoms with Crippen LogP contribution in [0.2, 0.25) is 0 Å². The summed E-state index contributed by atoms with van der Waals surface area (Å²) in [6.45, 7) is 4.44. The number of nitrogens with zero attached hydrogens (tertiary/aromatic N) is 9. The molecule has 0 aromatic carbocycles. The number of aliphatic carboxylic acids is 1. The first-order valence-electron chi connectivity index (χ1n) is 12.3.